The third-order valence-electron chi connectivity index (χ3n) is 2.09. The molecule has 1 heterocycles. The number of ether oxygens (including phenoxy) is 1. The molecule has 0 spiro atoms. The van der Waals surface area contributed by atoms with Gasteiger partial charge in [-0.05, 0) is 13.8 Å². The van der Waals surface area contributed by atoms with Crippen LogP contribution in [-0.2, 0) is 4.74 Å². The van der Waals surface area contributed by atoms with Gasteiger partial charge in [-0.1, -0.05) is 0 Å². The van der Waals surface area contributed by atoms with Crippen molar-refractivity contribution in [1.82, 2.24) is 0 Å². The number of rotatable bonds is 0. The zero-order valence-corrected chi connectivity index (χ0v) is 6.64. The average Bonchev–Trinajstić information content (AvgIpc) is 1.97. The number of hydrogen-bond donors (Lipinski definition) is 3. The van der Waals surface area contributed by atoms with Gasteiger partial charge in [0.05, 0.1) is 12.2 Å². The van der Waals surface area contributed by atoms with Crippen LogP contribution in [0.1, 0.15) is 13.8 Å². The van der Waals surface area contributed by atoms with E-state index in [1.807, 2.05) is 0 Å². The van der Waals surface area contributed by atoms with Gasteiger partial charge in [0.2, 0.25) is 0 Å². The molecule has 0 amide bonds. The second kappa shape index (κ2) is 3.06. The summed E-state index contributed by atoms with van der Waals surface area (Å²) in [5.41, 5.74) is 0. The standard InChI is InChI=1S/C7H14O4/c1-3-5(8)7(10)6(9)4(2)11-3/h3-10H,1-2H3/t3-,4?,5?,6-,7+/m0/s1. The summed E-state index contributed by atoms with van der Waals surface area (Å²) in [5.74, 6) is 0. The fraction of sp³-hybridized carbons (Fsp3) is 1.00. The highest BCUT2D eigenvalue weighted by molar-refractivity contribution is 4.88. The fourth-order valence-corrected chi connectivity index (χ4v) is 1.26. The van der Waals surface area contributed by atoms with E-state index < -0.39 is 30.5 Å². The van der Waals surface area contributed by atoms with Crippen LogP contribution in [-0.4, -0.2) is 45.8 Å². The van der Waals surface area contributed by atoms with Gasteiger partial charge < -0.3 is 20.1 Å². The van der Waals surface area contributed by atoms with Crippen LogP contribution in [0, 0.1) is 0 Å². The van der Waals surface area contributed by atoms with Crippen molar-refractivity contribution in [3.8, 4) is 0 Å². The monoisotopic (exact) mass is 162 g/mol. The Hall–Kier alpha value is -0.160. The Balaban J connectivity index is 2.63. The number of hydrogen-bond acceptors (Lipinski definition) is 4. The Labute approximate surface area is 65.4 Å². The van der Waals surface area contributed by atoms with Crippen molar-refractivity contribution in [3.05, 3.63) is 0 Å². The summed E-state index contributed by atoms with van der Waals surface area (Å²) in [6.07, 6.45) is -3.89. The Kier molecular flexibility index (Phi) is 2.49. The lowest BCUT2D eigenvalue weighted by atomic mass is 9.97. The van der Waals surface area contributed by atoms with E-state index in [2.05, 4.69) is 0 Å². The minimum atomic E-state index is -1.09. The fourth-order valence-electron chi connectivity index (χ4n) is 1.26. The molecule has 1 rings (SSSR count). The molecule has 2 unspecified atom stereocenters. The smallest absolute Gasteiger partial charge is 0.111 e. The van der Waals surface area contributed by atoms with E-state index in [1.54, 1.807) is 13.8 Å². The van der Waals surface area contributed by atoms with Crippen molar-refractivity contribution >= 4 is 0 Å². The van der Waals surface area contributed by atoms with Crippen molar-refractivity contribution in [2.45, 2.75) is 44.4 Å². The van der Waals surface area contributed by atoms with E-state index >= 15 is 0 Å². The van der Waals surface area contributed by atoms with Gasteiger partial charge in [0.25, 0.3) is 0 Å². The zero-order valence-electron chi connectivity index (χ0n) is 6.64. The van der Waals surface area contributed by atoms with Crippen LogP contribution in [0.3, 0.4) is 0 Å². The molecule has 0 aromatic carbocycles. The topological polar surface area (TPSA) is 69.9 Å². The van der Waals surface area contributed by atoms with Crippen molar-refractivity contribution in [3.63, 3.8) is 0 Å². The van der Waals surface area contributed by atoms with E-state index in [-0.39, 0.29) is 0 Å². The maximum absolute atomic E-state index is 9.21. The lowest BCUT2D eigenvalue weighted by molar-refractivity contribution is -0.211. The third-order valence-corrected chi connectivity index (χ3v) is 2.09. The van der Waals surface area contributed by atoms with E-state index in [0.717, 1.165) is 0 Å². The molecule has 5 atom stereocenters. The van der Waals surface area contributed by atoms with Gasteiger partial charge in [-0.3, -0.25) is 0 Å². The molecule has 0 aromatic rings. The number of aliphatic hydroxyl groups excluding tert-OH is 3. The van der Waals surface area contributed by atoms with Crippen LogP contribution in [0.2, 0.25) is 0 Å². The first kappa shape index (κ1) is 8.93. The Morgan fingerprint density at radius 1 is 0.818 bits per heavy atom. The van der Waals surface area contributed by atoms with Crippen molar-refractivity contribution < 1.29 is 20.1 Å². The molecule has 1 saturated heterocycles. The lowest BCUT2D eigenvalue weighted by Gasteiger charge is -2.37. The van der Waals surface area contributed by atoms with E-state index in [1.165, 1.54) is 0 Å². The second-order valence-corrected chi connectivity index (χ2v) is 3.02. The summed E-state index contributed by atoms with van der Waals surface area (Å²) >= 11 is 0. The van der Waals surface area contributed by atoms with E-state index in [4.69, 9.17) is 4.74 Å². The molecule has 3 N–H and O–H groups in total. The summed E-state index contributed by atoms with van der Waals surface area (Å²) in [5, 5.41) is 27.6. The second-order valence-electron chi connectivity index (χ2n) is 3.02. The highest BCUT2D eigenvalue weighted by Gasteiger charge is 2.39. The predicted molar refractivity (Wildman–Crippen MR) is 38.0 cm³/mol. The maximum Gasteiger partial charge on any atom is 0.111 e. The zero-order chi connectivity index (χ0) is 8.59. The van der Waals surface area contributed by atoms with Gasteiger partial charge in [-0.15, -0.1) is 0 Å². The highest BCUT2D eigenvalue weighted by Crippen LogP contribution is 2.19. The average molecular weight is 162 g/mol. The molecule has 0 aliphatic carbocycles. The summed E-state index contributed by atoms with van der Waals surface area (Å²) in [4.78, 5) is 0. The van der Waals surface area contributed by atoms with Gasteiger partial charge >= 0.3 is 0 Å². The first-order valence-corrected chi connectivity index (χ1v) is 3.73. The molecule has 0 aromatic heterocycles. The summed E-state index contributed by atoms with van der Waals surface area (Å²) < 4.78 is 5.12. The third kappa shape index (κ3) is 1.54. The van der Waals surface area contributed by atoms with E-state index in [9.17, 15) is 15.3 Å². The van der Waals surface area contributed by atoms with Crippen LogP contribution < -0.4 is 0 Å². The number of aliphatic hydroxyl groups is 3. The highest BCUT2D eigenvalue weighted by atomic mass is 16.5. The Morgan fingerprint density at radius 2 is 1.18 bits per heavy atom. The SMILES string of the molecule is CC1O[C@@H](C)C(O)[C@@H](O)[C@H]1O. The lowest BCUT2D eigenvalue weighted by Crippen LogP contribution is -2.55. The van der Waals surface area contributed by atoms with Crippen LogP contribution in [0.5, 0.6) is 0 Å². The molecule has 4 heteroatoms. The molecule has 1 fully saturated rings. The molecule has 0 bridgehead atoms. The Morgan fingerprint density at radius 3 is 1.55 bits per heavy atom. The normalized spacial score (nSPS) is 52.6. The maximum atomic E-state index is 9.21. The molecule has 0 saturated carbocycles. The van der Waals surface area contributed by atoms with Gasteiger partial charge in [-0.2, -0.15) is 0 Å². The van der Waals surface area contributed by atoms with Gasteiger partial charge in [0, 0.05) is 0 Å². The minimum Gasteiger partial charge on any atom is -0.388 e. The van der Waals surface area contributed by atoms with Crippen LogP contribution in [0.25, 0.3) is 0 Å². The minimum absolute atomic E-state index is 0.414. The van der Waals surface area contributed by atoms with E-state index in [0.29, 0.717) is 0 Å². The van der Waals surface area contributed by atoms with Crippen LogP contribution >= 0.6 is 0 Å². The van der Waals surface area contributed by atoms with Crippen LogP contribution in [0.4, 0.5) is 0 Å². The first-order valence-electron chi connectivity index (χ1n) is 3.73. The van der Waals surface area contributed by atoms with Gasteiger partial charge in [-0.25, -0.2) is 0 Å². The molecular formula is C7H14O4. The molecule has 0 radical (unpaired) electrons. The summed E-state index contributed by atoms with van der Waals surface area (Å²) in [6, 6.07) is 0. The summed E-state index contributed by atoms with van der Waals surface area (Å²) in [6.45, 7) is 3.33. The quantitative estimate of drug-likeness (QED) is 0.422. The molecule has 1 aliphatic rings. The van der Waals surface area contributed by atoms with Crippen molar-refractivity contribution in [2.24, 2.45) is 0 Å². The van der Waals surface area contributed by atoms with Crippen LogP contribution in [0.15, 0.2) is 0 Å². The molecule has 4 nitrogen and oxygen atoms in total. The first-order chi connectivity index (χ1) is 5.04. The molecule has 66 valence electrons. The Bertz CT molecular complexity index is 124. The predicted octanol–water partition coefficient (Wildman–Crippen LogP) is -1.12. The van der Waals surface area contributed by atoms with Crippen molar-refractivity contribution in [1.29, 1.82) is 0 Å². The van der Waals surface area contributed by atoms with Crippen molar-refractivity contribution in [2.75, 3.05) is 0 Å². The molecule has 11 heavy (non-hydrogen) atoms. The molecular weight excluding hydrogens is 148 g/mol. The largest absolute Gasteiger partial charge is 0.388 e. The summed E-state index contributed by atoms with van der Waals surface area (Å²) in [7, 11) is 0. The van der Waals surface area contributed by atoms with Gasteiger partial charge in [0.15, 0.2) is 0 Å². The van der Waals surface area contributed by atoms with Gasteiger partial charge in [0.1, 0.15) is 18.3 Å². The molecule has 1 aliphatic heterocycles.